The van der Waals surface area contributed by atoms with E-state index in [2.05, 4.69) is 5.32 Å². The van der Waals surface area contributed by atoms with Crippen LogP contribution in [-0.2, 0) is 0 Å². The maximum Gasteiger partial charge on any atom is 0.129 e. The maximum absolute atomic E-state index is 13.5. The van der Waals surface area contributed by atoms with Crippen molar-refractivity contribution in [2.45, 2.75) is 50.7 Å². The van der Waals surface area contributed by atoms with Crippen LogP contribution in [0.1, 0.15) is 50.2 Å². The molecule has 0 unspecified atom stereocenters. The summed E-state index contributed by atoms with van der Waals surface area (Å²) in [5.74, 6) is -0.326. The van der Waals surface area contributed by atoms with Crippen LogP contribution in [-0.4, -0.2) is 17.7 Å². The number of nitrogens with one attached hydrogen (secondary N) is 1. The Bertz CT molecular complexity index is 361. The van der Waals surface area contributed by atoms with Crippen LogP contribution in [0.2, 0.25) is 0 Å². The minimum Gasteiger partial charge on any atom is -0.387 e. The molecule has 0 aromatic heterocycles. The van der Waals surface area contributed by atoms with Gasteiger partial charge in [-0.3, -0.25) is 0 Å². The molecule has 18 heavy (non-hydrogen) atoms. The molecule has 0 radical (unpaired) electrons. The summed E-state index contributed by atoms with van der Waals surface area (Å²) in [7, 11) is 0. The molecule has 1 saturated carbocycles. The third-order valence-corrected chi connectivity index (χ3v) is 3.72. The third-order valence-electron chi connectivity index (χ3n) is 3.72. The summed E-state index contributed by atoms with van der Waals surface area (Å²) in [6, 6.07) is 6.92. The van der Waals surface area contributed by atoms with E-state index in [1.54, 1.807) is 18.2 Å². The second-order valence-corrected chi connectivity index (χ2v) is 5.13. The summed E-state index contributed by atoms with van der Waals surface area (Å²) in [5.41, 5.74) is 0.388. The van der Waals surface area contributed by atoms with Crippen LogP contribution >= 0.6 is 0 Å². The van der Waals surface area contributed by atoms with Crippen molar-refractivity contribution in [3.63, 3.8) is 0 Å². The Labute approximate surface area is 108 Å². The normalized spacial score (nSPS) is 19.4. The fourth-order valence-corrected chi connectivity index (χ4v) is 2.62. The first kappa shape index (κ1) is 13.5. The van der Waals surface area contributed by atoms with E-state index in [1.807, 2.05) is 0 Å². The number of halogens is 1. The van der Waals surface area contributed by atoms with Gasteiger partial charge in [0.25, 0.3) is 0 Å². The van der Waals surface area contributed by atoms with E-state index in [-0.39, 0.29) is 5.82 Å². The highest BCUT2D eigenvalue weighted by atomic mass is 19.1. The second-order valence-electron chi connectivity index (χ2n) is 5.13. The van der Waals surface area contributed by atoms with E-state index in [0.29, 0.717) is 18.2 Å². The average molecular weight is 251 g/mol. The molecule has 2 rings (SSSR count). The van der Waals surface area contributed by atoms with Gasteiger partial charge in [-0.25, -0.2) is 4.39 Å². The van der Waals surface area contributed by atoms with Crippen molar-refractivity contribution < 1.29 is 9.50 Å². The summed E-state index contributed by atoms with van der Waals surface area (Å²) < 4.78 is 13.5. The van der Waals surface area contributed by atoms with Crippen LogP contribution in [0, 0.1) is 5.82 Å². The first-order valence-corrected chi connectivity index (χ1v) is 6.93. The van der Waals surface area contributed by atoms with Gasteiger partial charge in [0.05, 0.1) is 6.10 Å². The molecular weight excluding hydrogens is 229 g/mol. The van der Waals surface area contributed by atoms with Crippen molar-refractivity contribution in [1.82, 2.24) is 5.32 Å². The number of benzene rings is 1. The molecule has 0 bridgehead atoms. The predicted octanol–water partition coefficient (Wildman–Crippen LogP) is 3.17. The van der Waals surface area contributed by atoms with E-state index in [1.165, 1.54) is 44.6 Å². The smallest absolute Gasteiger partial charge is 0.129 e. The molecule has 100 valence electrons. The summed E-state index contributed by atoms with van der Waals surface area (Å²) in [4.78, 5) is 0. The Morgan fingerprint density at radius 1 is 1.17 bits per heavy atom. The van der Waals surface area contributed by atoms with Crippen LogP contribution in [0.4, 0.5) is 4.39 Å². The van der Waals surface area contributed by atoms with Crippen LogP contribution in [0.5, 0.6) is 0 Å². The zero-order chi connectivity index (χ0) is 12.8. The number of hydrogen-bond donors (Lipinski definition) is 2. The van der Waals surface area contributed by atoms with Gasteiger partial charge in [-0.05, 0) is 18.9 Å². The van der Waals surface area contributed by atoms with Crippen molar-refractivity contribution in [2.75, 3.05) is 6.54 Å². The third kappa shape index (κ3) is 3.79. The summed E-state index contributed by atoms with van der Waals surface area (Å²) >= 11 is 0. The molecule has 1 fully saturated rings. The Morgan fingerprint density at radius 2 is 1.83 bits per heavy atom. The minimum atomic E-state index is -0.755. The molecule has 0 spiro atoms. The molecule has 1 atom stereocenters. The molecule has 1 aromatic rings. The zero-order valence-electron chi connectivity index (χ0n) is 10.7. The highest BCUT2D eigenvalue weighted by molar-refractivity contribution is 5.19. The molecule has 1 aliphatic carbocycles. The van der Waals surface area contributed by atoms with Crippen molar-refractivity contribution in [3.8, 4) is 0 Å². The van der Waals surface area contributed by atoms with Crippen LogP contribution < -0.4 is 5.32 Å². The lowest BCUT2D eigenvalue weighted by Crippen LogP contribution is -2.32. The number of aliphatic hydroxyl groups excluding tert-OH is 1. The van der Waals surface area contributed by atoms with Gasteiger partial charge < -0.3 is 10.4 Å². The highest BCUT2D eigenvalue weighted by Gasteiger charge is 2.16. The van der Waals surface area contributed by atoms with Crippen molar-refractivity contribution in [3.05, 3.63) is 35.6 Å². The van der Waals surface area contributed by atoms with E-state index >= 15 is 0 Å². The zero-order valence-corrected chi connectivity index (χ0v) is 10.7. The monoisotopic (exact) mass is 251 g/mol. The quantitative estimate of drug-likeness (QED) is 0.806. The topological polar surface area (TPSA) is 32.3 Å². The summed E-state index contributed by atoms with van der Waals surface area (Å²) in [6.45, 7) is 0.436. The van der Waals surface area contributed by atoms with Crippen molar-refractivity contribution >= 4 is 0 Å². The predicted molar refractivity (Wildman–Crippen MR) is 70.9 cm³/mol. The number of hydrogen-bond acceptors (Lipinski definition) is 2. The molecule has 2 nitrogen and oxygen atoms in total. The van der Waals surface area contributed by atoms with Gasteiger partial charge in [-0.15, -0.1) is 0 Å². The van der Waals surface area contributed by atoms with E-state index in [9.17, 15) is 9.50 Å². The molecule has 0 saturated heterocycles. The summed E-state index contributed by atoms with van der Waals surface area (Å²) in [6.07, 6.45) is 6.73. The Kier molecular flexibility index (Phi) is 5.14. The SMILES string of the molecule is O[C@@H](CNC1CCCCCC1)c1ccccc1F. The lowest BCUT2D eigenvalue weighted by molar-refractivity contribution is 0.164. The van der Waals surface area contributed by atoms with E-state index in [4.69, 9.17) is 0 Å². The molecular formula is C15H22FNO. The standard InChI is InChI=1S/C15H22FNO/c16-14-10-6-5-9-13(14)15(18)11-17-12-7-3-1-2-4-8-12/h5-6,9-10,12,15,17-18H,1-4,7-8,11H2/t15-/m0/s1. The minimum absolute atomic E-state index is 0.326. The van der Waals surface area contributed by atoms with E-state index in [0.717, 1.165) is 0 Å². The van der Waals surface area contributed by atoms with Gasteiger partial charge in [0.15, 0.2) is 0 Å². The van der Waals surface area contributed by atoms with E-state index < -0.39 is 6.10 Å². The fourth-order valence-electron chi connectivity index (χ4n) is 2.62. The molecule has 2 N–H and O–H groups in total. The number of aliphatic hydroxyl groups is 1. The van der Waals surface area contributed by atoms with Crippen molar-refractivity contribution in [1.29, 1.82) is 0 Å². The second kappa shape index (κ2) is 6.86. The Morgan fingerprint density at radius 3 is 2.50 bits per heavy atom. The van der Waals surface area contributed by atoms with Crippen LogP contribution in [0.3, 0.4) is 0 Å². The van der Waals surface area contributed by atoms with Gasteiger partial charge >= 0.3 is 0 Å². The van der Waals surface area contributed by atoms with Gasteiger partial charge in [0, 0.05) is 18.2 Å². The molecule has 3 heteroatoms. The summed E-state index contributed by atoms with van der Waals surface area (Å²) in [5, 5.41) is 13.4. The molecule has 0 aliphatic heterocycles. The van der Waals surface area contributed by atoms with Gasteiger partial charge in [-0.2, -0.15) is 0 Å². The number of rotatable bonds is 4. The Balaban J connectivity index is 1.84. The van der Waals surface area contributed by atoms with Crippen LogP contribution in [0.15, 0.2) is 24.3 Å². The maximum atomic E-state index is 13.5. The lowest BCUT2D eigenvalue weighted by Gasteiger charge is -2.19. The Hall–Kier alpha value is -0.930. The molecule has 0 amide bonds. The average Bonchev–Trinajstić information content (AvgIpc) is 2.65. The lowest BCUT2D eigenvalue weighted by atomic mass is 10.1. The first-order valence-electron chi connectivity index (χ1n) is 6.93. The highest BCUT2D eigenvalue weighted by Crippen LogP contribution is 2.19. The van der Waals surface area contributed by atoms with Gasteiger partial charge in [-0.1, -0.05) is 43.9 Å². The van der Waals surface area contributed by atoms with Crippen molar-refractivity contribution in [2.24, 2.45) is 0 Å². The first-order chi connectivity index (χ1) is 8.77. The molecule has 1 aromatic carbocycles. The molecule has 0 heterocycles. The van der Waals surface area contributed by atoms with Gasteiger partial charge in [0.1, 0.15) is 5.82 Å². The van der Waals surface area contributed by atoms with Crippen LogP contribution in [0.25, 0.3) is 0 Å². The largest absolute Gasteiger partial charge is 0.387 e. The molecule has 1 aliphatic rings. The fraction of sp³-hybridized carbons (Fsp3) is 0.600. The van der Waals surface area contributed by atoms with Gasteiger partial charge in [0.2, 0.25) is 0 Å².